The summed E-state index contributed by atoms with van der Waals surface area (Å²) in [5, 5.41) is 3.87. The molecule has 0 aliphatic carbocycles. The zero-order chi connectivity index (χ0) is 14.6. The van der Waals surface area contributed by atoms with E-state index in [1.807, 2.05) is 0 Å². The second kappa shape index (κ2) is 5.92. The summed E-state index contributed by atoms with van der Waals surface area (Å²) < 4.78 is 40.5. The van der Waals surface area contributed by atoms with Crippen molar-refractivity contribution in [1.82, 2.24) is 10.6 Å². The number of rotatable bonds is 4. The van der Waals surface area contributed by atoms with Crippen LogP contribution in [0.4, 0.5) is 18.0 Å². The van der Waals surface area contributed by atoms with E-state index in [1.165, 1.54) is 13.8 Å². The molecule has 0 radical (unpaired) electrons. The fraction of sp³-hybridized carbons (Fsp3) is 0.800. The number of amides is 2. The molecule has 0 saturated carbocycles. The van der Waals surface area contributed by atoms with Crippen molar-refractivity contribution in [2.75, 3.05) is 6.54 Å². The maximum atomic E-state index is 11.9. The fourth-order valence-electron chi connectivity index (χ4n) is 0.957. The van der Waals surface area contributed by atoms with Crippen LogP contribution in [0.5, 0.6) is 0 Å². The highest BCUT2D eigenvalue weighted by Crippen LogP contribution is 2.13. The van der Waals surface area contributed by atoms with E-state index < -0.39 is 30.3 Å². The number of alkyl carbamates (subject to hydrolysis) is 1. The van der Waals surface area contributed by atoms with Crippen LogP contribution in [0.25, 0.3) is 0 Å². The summed E-state index contributed by atoms with van der Waals surface area (Å²) >= 11 is 0. The predicted octanol–water partition coefficient (Wildman–Crippen LogP) is 1.58. The Morgan fingerprint density at radius 2 is 1.72 bits per heavy atom. The molecule has 0 spiro atoms. The largest absolute Gasteiger partial charge is 0.447 e. The third kappa shape index (κ3) is 6.97. The van der Waals surface area contributed by atoms with Crippen molar-refractivity contribution in [2.45, 2.75) is 45.5 Å². The van der Waals surface area contributed by atoms with E-state index in [9.17, 15) is 22.8 Å². The van der Waals surface area contributed by atoms with Crippen LogP contribution in [0, 0.1) is 0 Å². The van der Waals surface area contributed by atoms with Crippen LogP contribution in [0.15, 0.2) is 0 Å². The van der Waals surface area contributed by atoms with Crippen molar-refractivity contribution in [2.24, 2.45) is 0 Å². The van der Waals surface area contributed by atoms with Crippen LogP contribution < -0.4 is 10.6 Å². The average molecular weight is 270 g/mol. The molecule has 0 saturated heterocycles. The molecule has 0 aliphatic rings. The number of alkyl halides is 3. The smallest absolute Gasteiger partial charge is 0.408 e. The summed E-state index contributed by atoms with van der Waals surface area (Å²) in [5.74, 6) is -0.944. The number of hydrogen-bond acceptors (Lipinski definition) is 3. The second-order valence-corrected chi connectivity index (χ2v) is 4.50. The minimum absolute atomic E-state index is 0.390. The van der Waals surface area contributed by atoms with Gasteiger partial charge in [0.1, 0.15) is 12.1 Å². The second-order valence-electron chi connectivity index (χ2n) is 4.50. The molecule has 2 amide bonds. The Labute approximate surface area is 103 Å². The van der Waals surface area contributed by atoms with Crippen molar-refractivity contribution in [3.63, 3.8) is 0 Å². The van der Waals surface area contributed by atoms with E-state index in [1.54, 1.807) is 19.2 Å². The van der Waals surface area contributed by atoms with Gasteiger partial charge in [0.25, 0.3) is 0 Å². The van der Waals surface area contributed by atoms with Gasteiger partial charge in [-0.25, -0.2) is 4.79 Å². The molecule has 0 unspecified atom stereocenters. The first-order chi connectivity index (χ1) is 7.94. The van der Waals surface area contributed by atoms with Crippen LogP contribution in [0.3, 0.4) is 0 Å². The van der Waals surface area contributed by atoms with Gasteiger partial charge in [0.2, 0.25) is 5.91 Å². The highest BCUT2D eigenvalue weighted by Gasteiger charge is 2.34. The molecule has 5 nitrogen and oxygen atoms in total. The lowest BCUT2D eigenvalue weighted by molar-refractivity contribution is -0.141. The Morgan fingerprint density at radius 1 is 1.22 bits per heavy atom. The van der Waals surface area contributed by atoms with Crippen molar-refractivity contribution in [3.8, 4) is 0 Å². The molecular formula is C10H17F3N2O3. The SMILES string of the molecule is CC(C)OC(=O)NC(C)(C)C(=O)NCC(F)(F)F. The highest BCUT2D eigenvalue weighted by molar-refractivity contribution is 5.89. The van der Waals surface area contributed by atoms with Crippen LogP contribution in [-0.2, 0) is 9.53 Å². The van der Waals surface area contributed by atoms with Gasteiger partial charge < -0.3 is 15.4 Å². The van der Waals surface area contributed by atoms with Crippen LogP contribution >= 0.6 is 0 Å². The summed E-state index contributed by atoms with van der Waals surface area (Å²) in [6, 6.07) is 0. The van der Waals surface area contributed by atoms with Gasteiger partial charge in [-0.05, 0) is 27.7 Å². The highest BCUT2D eigenvalue weighted by atomic mass is 19.4. The van der Waals surface area contributed by atoms with E-state index in [4.69, 9.17) is 4.74 Å². The fourth-order valence-corrected chi connectivity index (χ4v) is 0.957. The minimum atomic E-state index is -4.50. The van der Waals surface area contributed by atoms with Crippen molar-refractivity contribution in [3.05, 3.63) is 0 Å². The molecule has 0 aliphatic heterocycles. The van der Waals surface area contributed by atoms with E-state index >= 15 is 0 Å². The van der Waals surface area contributed by atoms with E-state index in [0.717, 1.165) is 0 Å². The van der Waals surface area contributed by atoms with Crippen molar-refractivity contribution in [1.29, 1.82) is 0 Å². The van der Waals surface area contributed by atoms with E-state index in [0.29, 0.717) is 0 Å². The first-order valence-corrected chi connectivity index (χ1v) is 5.28. The molecule has 2 N–H and O–H groups in total. The minimum Gasteiger partial charge on any atom is -0.447 e. The quantitative estimate of drug-likeness (QED) is 0.815. The molecule has 0 rings (SSSR count). The lowest BCUT2D eigenvalue weighted by atomic mass is 10.1. The van der Waals surface area contributed by atoms with Gasteiger partial charge in [-0.1, -0.05) is 0 Å². The summed E-state index contributed by atoms with van der Waals surface area (Å²) in [6.07, 6.45) is -5.75. The maximum Gasteiger partial charge on any atom is 0.408 e. The Balaban J connectivity index is 4.35. The van der Waals surface area contributed by atoms with Gasteiger partial charge in [-0.15, -0.1) is 0 Å². The normalized spacial score (nSPS) is 12.2. The van der Waals surface area contributed by atoms with Gasteiger partial charge >= 0.3 is 12.3 Å². The maximum absolute atomic E-state index is 11.9. The molecule has 18 heavy (non-hydrogen) atoms. The van der Waals surface area contributed by atoms with Crippen molar-refractivity contribution < 1.29 is 27.5 Å². The number of carbonyl (C=O) groups is 2. The lowest BCUT2D eigenvalue weighted by Crippen LogP contribution is -2.56. The summed E-state index contributed by atoms with van der Waals surface area (Å²) in [4.78, 5) is 22.7. The molecule has 106 valence electrons. The zero-order valence-electron chi connectivity index (χ0n) is 10.6. The molecule has 0 aromatic heterocycles. The van der Waals surface area contributed by atoms with Crippen molar-refractivity contribution >= 4 is 12.0 Å². The summed E-state index contributed by atoms with van der Waals surface area (Å²) in [7, 11) is 0. The Hall–Kier alpha value is -1.47. The summed E-state index contributed by atoms with van der Waals surface area (Å²) in [6.45, 7) is 4.32. The molecule has 8 heteroatoms. The average Bonchev–Trinajstić information content (AvgIpc) is 2.10. The molecule has 0 atom stereocenters. The number of halogens is 3. The molecule has 0 aromatic carbocycles. The Bertz CT molecular complexity index is 314. The van der Waals surface area contributed by atoms with Gasteiger partial charge in [-0.3, -0.25) is 4.79 Å². The van der Waals surface area contributed by atoms with Crippen LogP contribution in [-0.4, -0.2) is 36.4 Å². The number of ether oxygens (including phenoxy) is 1. The lowest BCUT2D eigenvalue weighted by Gasteiger charge is -2.25. The van der Waals surface area contributed by atoms with E-state index in [-0.39, 0.29) is 6.10 Å². The van der Waals surface area contributed by atoms with E-state index in [2.05, 4.69) is 5.32 Å². The predicted molar refractivity (Wildman–Crippen MR) is 57.9 cm³/mol. The Kier molecular flexibility index (Phi) is 5.44. The molecule has 0 heterocycles. The Morgan fingerprint density at radius 3 is 2.11 bits per heavy atom. The first kappa shape index (κ1) is 16.5. The third-order valence-corrected chi connectivity index (χ3v) is 1.77. The summed E-state index contributed by atoms with van der Waals surface area (Å²) in [5.41, 5.74) is -1.49. The first-order valence-electron chi connectivity index (χ1n) is 5.28. The van der Waals surface area contributed by atoms with Gasteiger partial charge in [0.15, 0.2) is 0 Å². The number of carbonyl (C=O) groups excluding carboxylic acids is 2. The van der Waals surface area contributed by atoms with Gasteiger partial charge in [0.05, 0.1) is 6.10 Å². The van der Waals surface area contributed by atoms with Gasteiger partial charge in [-0.2, -0.15) is 13.2 Å². The molecule has 0 aromatic rings. The van der Waals surface area contributed by atoms with Gasteiger partial charge in [0, 0.05) is 0 Å². The topological polar surface area (TPSA) is 67.4 Å². The third-order valence-electron chi connectivity index (χ3n) is 1.77. The van der Waals surface area contributed by atoms with Crippen LogP contribution in [0.1, 0.15) is 27.7 Å². The number of nitrogens with one attached hydrogen (secondary N) is 2. The zero-order valence-corrected chi connectivity index (χ0v) is 10.6. The molecule has 0 bridgehead atoms. The van der Waals surface area contributed by atoms with Crippen LogP contribution in [0.2, 0.25) is 0 Å². The molecular weight excluding hydrogens is 253 g/mol. The standard InChI is InChI=1S/C10H17F3N2O3/c1-6(2)18-8(17)15-9(3,4)7(16)14-5-10(11,12)13/h6H,5H2,1-4H3,(H,14,16)(H,15,17). The number of hydrogen-bond donors (Lipinski definition) is 2. The molecule has 0 fully saturated rings. The monoisotopic (exact) mass is 270 g/mol.